The molecular weight excluding hydrogens is 465 g/mol. The van der Waals surface area contributed by atoms with E-state index in [0.29, 0.717) is 0 Å². The van der Waals surface area contributed by atoms with E-state index < -0.39 is 6.89 Å². The van der Waals surface area contributed by atoms with E-state index in [0.717, 1.165) is 54.8 Å². The summed E-state index contributed by atoms with van der Waals surface area (Å²) < 4.78 is 0. The van der Waals surface area contributed by atoms with Crippen molar-refractivity contribution in [2.45, 2.75) is 27.7 Å². The van der Waals surface area contributed by atoms with Crippen LogP contribution in [0.1, 0.15) is 27.7 Å². The van der Waals surface area contributed by atoms with Gasteiger partial charge in [-0.05, 0) is 102 Å². The van der Waals surface area contributed by atoms with Gasteiger partial charge in [0, 0.05) is 0 Å². The van der Waals surface area contributed by atoms with Crippen molar-refractivity contribution in [2.24, 2.45) is 4.99 Å². The zero-order valence-corrected chi connectivity index (χ0v) is 23.8. The molecule has 37 heavy (non-hydrogen) atoms. The number of hydrogen-bond donors (Lipinski definition) is 0. The predicted molar refractivity (Wildman–Crippen MR) is 174 cm³/mol. The van der Waals surface area contributed by atoms with E-state index in [1.165, 1.54) is 5.30 Å². The number of allylic oxidation sites excluding steroid dienone is 8. The van der Waals surface area contributed by atoms with Gasteiger partial charge < -0.3 is 0 Å². The SMILES string of the molecule is C=CCP(=C)(/C(=C/C=C(\C)C(=C)C(C)=c1c(=C(C=C)/C=C\C)c(=C)cc/c1=C/C)N=C)c1ccccc1. The van der Waals surface area contributed by atoms with Crippen molar-refractivity contribution in [3.8, 4) is 0 Å². The van der Waals surface area contributed by atoms with Gasteiger partial charge in [-0.15, -0.1) is 6.58 Å². The summed E-state index contributed by atoms with van der Waals surface area (Å²) in [7, 11) is 0. The Kier molecular flexibility index (Phi) is 10.9. The van der Waals surface area contributed by atoms with Crippen LogP contribution in [0.15, 0.2) is 120 Å². The minimum Gasteiger partial charge on any atom is -0.264 e. The van der Waals surface area contributed by atoms with Crippen LogP contribution in [0.3, 0.4) is 0 Å². The molecule has 0 radical (unpaired) electrons. The average molecular weight is 506 g/mol. The first-order valence-electron chi connectivity index (χ1n) is 12.4. The Hall–Kier alpha value is -3.67. The highest BCUT2D eigenvalue weighted by Crippen LogP contribution is 2.52. The van der Waals surface area contributed by atoms with Gasteiger partial charge >= 0.3 is 0 Å². The first-order chi connectivity index (χ1) is 17.7. The molecule has 0 saturated carbocycles. The lowest BCUT2D eigenvalue weighted by Crippen LogP contribution is -2.49. The lowest BCUT2D eigenvalue weighted by Gasteiger charge is -2.24. The second-order valence-corrected chi connectivity index (χ2v) is 12.2. The molecule has 0 aliphatic rings. The van der Waals surface area contributed by atoms with E-state index in [1.54, 1.807) is 0 Å². The van der Waals surface area contributed by atoms with Crippen LogP contribution >= 0.6 is 6.89 Å². The Morgan fingerprint density at radius 1 is 0.973 bits per heavy atom. The molecule has 2 aromatic rings. The highest BCUT2D eigenvalue weighted by atomic mass is 31.2. The summed E-state index contributed by atoms with van der Waals surface area (Å²) in [5, 5.41) is 5.48. The standard InChI is InChI=1S/C35H40NP/c1-11-18-30(13-3)34-27(6)21-23-31(14-4)35(34)29(8)28(7)26(5)22-24-33(36-9)37(10,25-12-2)32-19-16-15-17-20-32/h11-24H,2-3,6-7,9-10,25H2,1,4-5,8H3/b18-11-,26-22+,31-14-,33-24+,34-30?,35-29?. The summed E-state index contributed by atoms with van der Waals surface area (Å²) in [6, 6.07) is 14.5. The van der Waals surface area contributed by atoms with Crippen LogP contribution in [0.4, 0.5) is 0 Å². The van der Waals surface area contributed by atoms with Crippen LogP contribution in [-0.4, -0.2) is 19.2 Å². The molecule has 190 valence electrons. The molecule has 2 aromatic carbocycles. The monoisotopic (exact) mass is 505 g/mol. The van der Waals surface area contributed by atoms with Gasteiger partial charge in [-0.1, -0.05) is 105 Å². The first-order valence-corrected chi connectivity index (χ1v) is 14.5. The van der Waals surface area contributed by atoms with Crippen molar-refractivity contribution in [1.29, 1.82) is 0 Å². The molecule has 0 bridgehead atoms. The minimum absolute atomic E-state index is 0.751. The summed E-state index contributed by atoms with van der Waals surface area (Å²) in [4.78, 5) is 4.43. The number of nitrogens with zero attached hydrogens (tertiary/aromatic N) is 1. The summed E-state index contributed by atoms with van der Waals surface area (Å²) in [6.07, 6.45) is 19.6. The first kappa shape index (κ1) is 29.6. The molecule has 2 rings (SSSR count). The second-order valence-electron chi connectivity index (χ2n) is 8.92. The molecule has 1 nitrogen and oxygen atoms in total. The van der Waals surface area contributed by atoms with Gasteiger partial charge in [-0.25, -0.2) is 0 Å². The Bertz CT molecular complexity index is 1570. The van der Waals surface area contributed by atoms with Gasteiger partial charge in [-0.3, -0.25) is 4.99 Å². The Morgan fingerprint density at radius 3 is 2.19 bits per heavy atom. The molecular formula is C35H40NP. The average Bonchev–Trinajstić information content (AvgIpc) is 2.91. The summed E-state index contributed by atoms with van der Waals surface area (Å²) in [5.41, 5.74) is 5.02. The van der Waals surface area contributed by atoms with Gasteiger partial charge in [0.15, 0.2) is 0 Å². The molecule has 0 aliphatic carbocycles. The highest BCUT2D eigenvalue weighted by Gasteiger charge is 2.19. The van der Waals surface area contributed by atoms with E-state index in [1.807, 2.05) is 49.4 Å². The van der Waals surface area contributed by atoms with Crippen molar-refractivity contribution in [3.63, 3.8) is 0 Å². The van der Waals surface area contributed by atoms with Gasteiger partial charge in [0.25, 0.3) is 0 Å². The van der Waals surface area contributed by atoms with Crippen LogP contribution in [0.25, 0.3) is 23.8 Å². The molecule has 1 atom stereocenters. The molecule has 0 amide bonds. The zero-order chi connectivity index (χ0) is 27.6. The third-order valence-electron chi connectivity index (χ3n) is 6.57. The quantitative estimate of drug-likeness (QED) is 0.163. The summed E-state index contributed by atoms with van der Waals surface area (Å²) in [6.45, 7) is 27.0. The summed E-state index contributed by atoms with van der Waals surface area (Å²) >= 11 is 0. The van der Waals surface area contributed by atoms with Crippen molar-refractivity contribution < 1.29 is 0 Å². The Morgan fingerprint density at radius 2 is 1.65 bits per heavy atom. The smallest absolute Gasteiger partial charge is 0.0658 e. The second kappa shape index (κ2) is 13.6. The molecule has 1 unspecified atom stereocenters. The fraction of sp³-hybridized carbons (Fsp3) is 0.143. The summed E-state index contributed by atoms with van der Waals surface area (Å²) in [5.74, 6) is 0. The van der Waals surface area contributed by atoms with E-state index in [-0.39, 0.29) is 0 Å². The normalized spacial score (nSPS) is 16.2. The lowest BCUT2D eigenvalue weighted by atomic mass is 9.95. The van der Waals surface area contributed by atoms with E-state index in [9.17, 15) is 0 Å². The number of rotatable bonds is 10. The molecule has 0 aliphatic heterocycles. The lowest BCUT2D eigenvalue weighted by molar-refractivity contribution is 1.33. The third-order valence-corrected chi connectivity index (χ3v) is 9.90. The van der Waals surface area contributed by atoms with Crippen molar-refractivity contribution >= 4 is 49.0 Å². The number of hydrogen-bond acceptors (Lipinski definition) is 1. The van der Waals surface area contributed by atoms with Crippen LogP contribution in [0.5, 0.6) is 0 Å². The maximum atomic E-state index is 4.65. The molecule has 0 aromatic heterocycles. The highest BCUT2D eigenvalue weighted by molar-refractivity contribution is 7.84. The minimum atomic E-state index is -2.00. The number of benzene rings is 2. The maximum absolute atomic E-state index is 4.65. The van der Waals surface area contributed by atoms with Crippen molar-refractivity contribution in [1.82, 2.24) is 0 Å². The molecule has 0 saturated heterocycles. The molecule has 0 heterocycles. The van der Waals surface area contributed by atoms with E-state index in [4.69, 9.17) is 0 Å². The fourth-order valence-electron chi connectivity index (χ4n) is 4.41. The molecule has 0 N–H and O–H groups in total. The largest absolute Gasteiger partial charge is 0.264 e. The van der Waals surface area contributed by atoms with Crippen LogP contribution in [0.2, 0.25) is 0 Å². The molecule has 2 heteroatoms. The van der Waals surface area contributed by atoms with Gasteiger partial charge in [0.05, 0.1) is 5.44 Å². The molecule has 0 fully saturated rings. The zero-order valence-electron chi connectivity index (χ0n) is 22.9. The van der Waals surface area contributed by atoms with Crippen LogP contribution < -0.4 is 26.2 Å². The van der Waals surface area contributed by atoms with Crippen LogP contribution in [0, 0.1) is 0 Å². The Balaban J connectivity index is 2.81. The predicted octanol–water partition coefficient (Wildman–Crippen LogP) is 5.99. The molecule has 0 spiro atoms. The van der Waals surface area contributed by atoms with Crippen molar-refractivity contribution in [3.05, 3.63) is 136 Å². The van der Waals surface area contributed by atoms with E-state index >= 15 is 0 Å². The van der Waals surface area contributed by atoms with Gasteiger partial charge in [0.2, 0.25) is 0 Å². The van der Waals surface area contributed by atoms with Crippen molar-refractivity contribution in [2.75, 3.05) is 6.16 Å². The Labute approximate surface area is 223 Å². The number of aliphatic imine (C=N–C) groups is 1. The third kappa shape index (κ3) is 6.56. The van der Waals surface area contributed by atoms with Gasteiger partial charge in [-0.2, -0.15) is 0 Å². The van der Waals surface area contributed by atoms with Crippen LogP contribution in [-0.2, 0) is 0 Å². The fourth-order valence-corrected chi connectivity index (χ4v) is 6.89. The topological polar surface area (TPSA) is 12.4 Å². The van der Waals surface area contributed by atoms with E-state index in [2.05, 4.69) is 108 Å². The van der Waals surface area contributed by atoms with Gasteiger partial charge in [0.1, 0.15) is 0 Å². The maximum Gasteiger partial charge on any atom is 0.0658 e.